The first kappa shape index (κ1) is 18.4. The van der Waals surface area contributed by atoms with E-state index in [4.69, 9.17) is 10.00 Å². The fourth-order valence-electron chi connectivity index (χ4n) is 6.44. The average molecular weight is 394 g/mol. The lowest BCUT2D eigenvalue weighted by Gasteiger charge is -2.56. The fraction of sp³-hybridized carbons (Fsp3) is 0.619. The van der Waals surface area contributed by atoms with Crippen molar-refractivity contribution >= 4 is 22.2 Å². The maximum Gasteiger partial charge on any atom is 0.328 e. The van der Waals surface area contributed by atoms with E-state index in [0.29, 0.717) is 36.2 Å². The molecule has 3 aromatic heterocycles. The minimum atomic E-state index is -0.329. The molecule has 2 bridgehead atoms. The highest BCUT2D eigenvalue weighted by atomic mass is 16.5. The number of aromatic amines is 2. The van der Waals surface area contributed by atoms with Gasteiger partial charge in [-0.1, -0.05) is 13.8 Å². The van der Waals surface area contributed by atoms with Gasteiger partial charge in [0.25, 0.3) is 0 Å². The first-order valence-electron chi connectivity index (χ1n) is 10.4. The number of nitrogens with zero attached hydrogens (tertiary/aromatic N) is 4. The summed E-state index contributed by atoms with van der Waals surface area (Å²) in [6.07, 6.45) is 6.83. The summed E-state index contributed by atoms with van der Waals surface area (Å²) in [5, 5.41) is 18.3. The summed E-state index contributed by atoms with van der Waals surface area (Å²) in [7, 11) is 0. The maximum atomic E-state index is 13.2. The van der Waals surface area contributed by atoms with E-state index in [1.807, 2.05) is 16.8 Å². The van der Waals surface area contributed by atoms with Crippen molar-refractivity contribution in [2.45, 2.75) is 63.5 Å². The first-order chi connectivity index (χ1) is 14.0. The van der Waals surface area contributed by atoms with E-state index in [2.05, 4.69) is 40.1 Å². The molecule has 2 saturated carbocycles. The van der Waals surface area contributed by atoms with Crippen LogP contribution in [0.15, 0.2) is 17.1 Å². The molecule has 2 fully saturated rings. The Kier molecular flexibility index (Phi) is 4.07. The minimum absolute atomic E-state index is 0.128. The van der Waals surface area contributed by atoms with Gasteiger partial charge >= 0.3 is 5.69 Å². The van der Waals surface area contributed by atoms with Gasteiger partial charge in [0.2, 0.25) is 0 Å². The molecule has 0 spiro atoms. The van der Waals surface area contributed by atoms with Crippen molar-refractivity contribution in [1.82, 2.24) is 24.7 Å². The second-order valence-electron chi connectivity index (χ2n) is 9.27. The largest absolute Gasteiger partial charge is 0.374 e. The van der Waals surface area contributed by atoms with E-state index in [1.54, 1.807) is 0 Å². The quantitative estimate of drug-likeness (QED) is 0.660. The number of ether oxygens (including phenoxy) is 1. The Hall–Kier alpha value is -2.66. The summed E-state index contributed by atoms with van der Waals surface area (Å²) in [5.74, 6) is 0.846. The molecule has 2 aliphatic rings. The van der Waals surface area contributed by atoms with Gasteiger partial charge in [0.15, 0.2) is 11.3 Å². The molecule has 2 atom stereocenters. The van der Waals surface area contributed by atoms with Gasteiger partial charge in [0.05, 0.1) is 30.2 Å². The van der Waals surface area contributed by atoms with Gasteiger partial charge in [0, 0.05) is 18.0 Å². The van der Waals surface area contributed by atoms with Crippen LogP contribution in [0.5, 0.6) is 0 Å². The van der Waals surface area contributed by atoms with Crippen LogP contribution in [0.1, 0.15) is 52.4 Å². The Morgan fingerprint density at radius 1 is 1.24 bits per heavy atom. The molecular formula is C21H26N6O2. The smallest absolute Gasteiger partial charge is 0.328 e. The zero-order chi connectivity index (χ0) is 20.2. The van der Waals surface area contributed by atoms with E-state index < -0.39 is 0 Å². The van der Waals surface area contributed by atoms with Crippen LogP contribution >= 0.6 is 0 Å². The van der Waals surface area contributed by atoms with E-state index in [-0.39, 0.29) is 16.8 Å². The topological polar surface area (TPSA) is 112 Å². The van der Waals surface area contributed by atoms with Crippen molar-refractivity contribution < 1.29 is 4.74 Å². The average Bonchev–Trinajstić information content (AvgIpc) is 3.23. The number of rotatable bonds is 4. The maximum absolute atomic E-state index is 13.2. The van der Waals surface area contributed by atoms with Gasteiger partial charge in [-0.25, -0.2) is 4.79 Å². The number of aromatic nitrogens is 5. The van der Waals surface area contributed by atoms with Gasteiger partial charge in [-0.05, 0) is 43.6 Å². The zero-order valence-electron chi connectivity index (χ0n) is 16.9. The summed E-state index contributed by atoms with van der Waals surface area (Å²) >= 11 is 0. The molecule has 2 unspecified atom stereocenters. The monoisotopic (exact) mass is 394 g/mol. The lowest BCUT2D eigenvalue weighted by molar-refractivity contribution is -0.151. The Labute approximate surface area is 168 Å². The molecule has 0 radical (unpaired) electrons. The standard InChI is InChI=1S/C21H26N6O2/c1-13-8-20(9-14(2)11-21(10-13,12-20)29-7-3-5-22)27-16-15-4-6-23-17(15)25-26-18(16)24-19(27)28/h4,6,13-14H,3,7-12H2,1-2H3,(H,23,25)(H,24,26,28). The summed E-state index contributed by atoms with van der Waals surface area (Å²) in [5.41, 5.74) is 1.31. The second kappa shape index (κ2) is 6.42. The number of H-pyrrole nitrogens is 2. The number of hydrogen-bond donors (Lipinski definition) is 2. The number of imidazole rings is 1. The molecule has 3 heterocycles. The van der Waals surface area contributed by atoms with Crippen LogP contribution in [0.3, 0.4) is 0 Å². The van der Waals surface area contributed by atoms with Crippen LogP contribution in [0.2, 0.25) is 0 Å². The third-order valence-corrected chi connectivity index (χ3v) is 6.75. The molecule has 29 heavy (non-hydrogen) atoms. The molecule has 0 saturated heterocycles. The van der Waals surface area contributed by atoms with Crippen LogP contribution in [-0.4, -0.2) is 36.9 Å². The summed E-state index contributed by atoms with van der Waals surface area (Å²) in [4.78, 5) is 19.3. The van der Waals surface area contributed by atoms with Gasteiger partial charge in [-0.2, -0.15) is 5.26 Å². The Bertz CT molecular complexity index is 1150. The van der Waals surface area contributed by atoms with Crippen molar-refractivity contribution in [2.24, 2.45) is 11.8 Å². The minimum Gasteiger partial charge on any atom is -0.374 e. The van der Waals surface area contributed by atoms with Crippen LogP contribution < -0.4 is 5.69 Å². The van der Waals surface area contributed by atoms with Crippen molar-refractivity contribution in [3.05, 3.63) is 22.7 Å². The molecule has 0 amide bonds. The summed E-state index contributed by atoms with van der Waals surface area (Å²) in [6.45, 7) is 4.94. The number of fused-ring (bicyclic) bond motifs is 5. The Morgan fingerprint density at radius 2 is 1.97 bits per heavy atom. The van der Waals surface area contributed by atoms with Gasteiger partial charge < -0.3 is 9.72 Å². The third kappa shape index (κ3) is 2.79. The number of nitriles is 1. The molecule has 5 rings (SSSR count). The molecule has 3 aromatic rings. The number of nitrogens with one attached hydrogen (secondary N) is 2. The van der Waals surface area contributed by atoms with Crippen LogP contribution in [0.4, 0.5) is 0 Å². The highest BCUT2D eigenvalue weighted by Gasteiger charge is 2.54. The lowest BCUT2D eigenvalue weighted by atomic mass is 9.58. The zero-order valence-corrected chi connectivity index (χ0v) is 16.9. The van der Waals surface area contributed by atoms with E-state index in [0.717, 1.165) is 43.0 Å². The summed E-state index contributed by atoms with van der Waals surface area (Å²) < 4.78 is 8.35. The van der Waals surface area contributed by atoms with Crippen LogP contribution in [0.25, 0.3) is 22.2 Å². The Morgan fingerprint density at radius 3 is 2.69 bits per heavy atom. The van der Waals surface area contributed by atoms with Crippen LogP contribution in [-0.2, 0) is 10.3 Å². The SMILES string of the molecule is CC1CC2(OCCC#N)CC(C)CC(n3c(=O)[nH]c4nnc5[nH]ccc5c43)(C1)C2. The fourth-order valence-corrected chi connectivity index (χ4v) is 6.44. The Balaban J connectivity index is 1.70. The van der Waals surface area contributed by atoms with E-state index >= 15 is 0 Å². The molecule has 0 aromatic carbocycles. The van der Waals surface area contributed by atoms with Gasteiger partial charge in [0.1, 0.15) is 5.52 Å². The second-order valence-corrected chi connectivity index (χ2v) is 9.27. The predicted octanol–water partition coefficient (Wildman–Crippen LogP) is 3.22. The van der Waals surface area contributed by atoms with Gasteiger partial charge in [-0.3, -0.25) is 9.55 Å². The molecule has 152 valence electrons. The molecule has 2 aliphatic carbocycles. The van der Waals surface area contributed by atoms with Gasteiger partial charge in [-0.15, -0.1) is 10.2 Å². The molecule has 8 nitrogen and oxygen atoms in total. The molecule has 2 N–H and O–H groups in total. The van der Waals surface area contributed by atoms with E-state index in [1.165, 1.54) is 0 Å². The highest BCUT2D eigenvalue weighted by Crippen LogP contribution is 2.55. The van der Waals surface area contributed by atoms with E-state index in [9.17, 15) is 4.79 Å². The van der Waals surface area contributed by atoms with Crippen molar-refractivity contribution in [2.75, 3.05) is 6.61 Å². The normalized spacial score (nSPS) is 31.9. The third-order valence-electron chi connectivity index (χ3n) is 6.75. The molecule has 0 aliphatic heterocycles. The van der Waals surface area contributed by atoms with Crippen LogP contribution in [0, 0.1) is 23.2 Å². The molecular weight excluding hydrogens is 368 g/mol. The first-order valence-corrected chi connectivity index (χ1v) is 10.4. The van der Waals surface area contributed by atoms with Crippen molar-refractivity contribution in [1.29, 1.82) is 5.26 Å². The molecule has 8 heteroatoms. The predicted molar refractivity (Wildman–Crippen MR) is 108 cm³/mol. The lowest BCUT2D eigenvalue weighted by Crippen LogP contribution is -2.58. The van der Waals surface area contributed by atoms with Crippen molar-refractivity contribution in [3.63, 3.8) is 0 Å². The highest BCUT2D eigenvalue weighted by molar-refractivity contribution is 5.99. The van der Waals surface area contributed by atoms with Crippen molar-refractivity contribution in [3.8, 4) is 6.07 Å². The number of hydrogen-bond acceptors (Lipinski definition) is 5. The summed E-state index contributed by atoms with van der Waals surface area (Å²) in [6, 6.07) is 4.14.